The second kappa shape index (κ2) is 4.81. The molecule has 6 heteroatoms. The van der Waals surface area contributed by atoms with Crippen molar-refractivity contribution in [1.29, 1.82) is 0 Å². The van der Waals surface area contributed by atoms with Crippen molar-refractivity contribution in [1.82, 2.24) is 4.90 Å². The third-order valence-electron chi connectivity index (χ3n) is 4.37. The van der Waals surface area contributed by atoms with E-state index in [1.54, 1.807) is 6.92 Å². The van der Waals surface area contributed by atoms with E-state index in [2.05, 4.69) is 0 Å². The number of carboxylic acids is 1. The third-order valence-corrected chi connectivity index (χ3v) is 6.09. The number of likely N-dealkylation sites (tertiary alicyclic amines) is 1. The minimum absolute atomic E-state index is 0.106. The van der Waals surface area contributed by atoms with Gasteiger partial charge in [-0.15, -0.1) is 0 Å². The summed E-state index contributed by atoms with van der Waals surface area (Å²) in [5.74, 6) is -0.385. The second-order valence-corrected chi connectivity index (χ2v) is 7.92. The summed E-state index contributed by atoms with van der Waals surface area (Å²) < 4.78 is 22.9. The molecular weight excluding hydrogens is 254 g/mol. The smallest absolute Gasteiger partial charge is 0.323 e. The van der Waals surface area contributed by atoms with Crippen LogP contribution in [0.5, 0.6) is 0 Å². The van der Waals surface area contributed by atoms with Crippen molar-refractivity contribution in [3.05, 3.63) is 0 Å². The third kappa shape index (κ3) is 2.54. The van der Waals surface area contributed by atoms with Crippen LogP contribution in [-0.4, -0.2) is 54.0 Å². The van der Waals surface area contributed by atoms with E-state index in [0.717, 1.165) is 19.4 Å². The van der Waals surface area contributed by atoms with Crippen molar-refractivity contribution in [2.24, 2.45) is 0 Å². The normalized spacial score (nSPS) is 34.3. The highest BCUT2D eigenvalue weighted by Gasteiger charge is 2.45. The van der Waals surface area contributed by atoms with Crippen molar-refractivity contribution in [2.75, 3.05) is 18.1 Å². The van der Waals surface area contributed by atoms with E-state index in [1.807, 2.05) is 4.90 Å². The minimum Gasteiger partial charge on any atom is -0.480 e. The Hall–Kier alpha value is -0.620. The molecule has 0 saturated carbocycles. The van der Waals surface area contributed by atoms with E-state index < -0.39 is 21.3 Å². The number of hydrogen-bond donors (Lipinski definition) is 1. The first kappa shape index (κ1) is 13.8. The molecule has 0 amide bonds. The van der Waals surface area contributed by atoms with Gasteiger partial charge in [0.05, 0.1) is 11.5 Å². The molecule has 2 aliphatic heterocycles. The van der Waals surface area contributed by atoms with Gasteiger partial charge in [0.1, 0.15) is 15.4 Å². The monoisotopic (exact) mass is 275 g/mol. The first-order valence-electron chi connectivity index (χ1n) is 6.56. The fraction of sp³-hybridized carbons (Fsp3) is 0.917. The summed E-state index contributed by atoms with van der Waals surface area (Å²) >= 11 is 0. The fourth-order valence-corrected chi connectivity index (χ4v) is 4.61. The van der Waals surface area contributed by atoms with Crippen LogP contribution < -0.4 is 0 Å². The predicted molar refractivity (Wildman–Crippen MR) is 68.3 cm³/mol. The lowest BCUT2D eigenvalue weighted by molar-refractivity contribution is -0.155. The Kier molecular flexibility index (Phi) is 3.69. The molecule has 2 fully saturated rings. The summed E-state index contributed by atoms with van der Waals surface area (Å²) in [6, 6.07) is 0.106. The molecule has 2 aliphatic rings. The summed E-state index contributed by atoms with van der Waals surface area (Å²) in [6.45, 7) is 2.55. The van der Waals surface area contributed by atoms with Crippen LogP contribution in [0.4, 0.5) is 0 Å². The highest BCUT2D eigenvalue weighted by molar-refractivity contribution is 7.91. The van der Waals surface area contributed by atoms with Crippen LogP contribution in [0, 0.1) is 0 Å². The zero-order valence-corrected chi connectivity index (χ0v) is 11.6. The molecule has 18 heavy (non-hydrogen) atoms. The maximum Gasteiger partial charge on any atom is 0.323 e. The van der Waals surface area contributed by atoms with Crippen LogP contribution in [0.15, 0.2) is 0 Å². The Balaban J connectivity index is 2.13. The quantitative estimate of drug-likeness (QED) is 0.810. The van der Waals surface area contributed by atoms with E-state index >= 15 is 0 Å². The Labute approximate surface area is 108 Å². The van der Waals surface area contributed by atoms with Gasteiger partial charge in [-0.1, -0.05) is 0 Å². The number of carboxylic acid groups (broad SMARTS) is 1. The van der Waals surface area contributed by atoms with E-state index in [-0.39, 0.29) is 17.5 Å². The molecule has 0 aromatic rings. The number of rotatable bonds is 2. The fourth-order valence-electron chi connectivity index (χ4n) is 3.15. The van der Waals surface area contributed by atoms with Crippen molar-refractivity contribution in [2.45, 2.75) is 50.6 Å². The van der Waals surface area contributed by atoms with Gasteiger partial charge >= 0.3 is 5.97 Å². The molecule has 1 N–H and O–H groups in total. The summed E-state index contributed by atoms with van der Waals surface area (Å²) in [6.07, 6.45) is 3.75. The van der Waals surface area contributed by atoms with Crippen LogP contribution >= 0.6 is 0 Å². The number of aliphatic carboxylic acids is 1. The van der Waals surface area contributed by atoms with Crippen molar-refractivity contribution in [3.8, 4) is 0 Å². The molecule has 0 aromatic carbocycles. The van der Waals surface area contributed by atoms with Crippen molar-refractivity contribution >= 4 is 15.8 Å². The molecule has 0 radical (unpaired) electrons. The van der Waals surface area contributed by atoms with E-state index in [4.69, 9.17) is 0 Å². The highest BCUT2D eigenvalue weighted by Crippen LogP contribution is 2.33. The number of sulfone groups is 1. The molecule has 5 nitrogen and oxygen atoms in total. The lowest BCUT2D eigenvalue weighted by Crippen LogP contribution is -2.60. The van der Waals surface area contributed by atoms with Crippen molar-refractivity contribution in [3.63, 3.8) is 0 Å². The molecule has 2 saturated heterocycles. The molecule has 104 valence electrons. The Morgan fingerprint density at radius 3 is 2.44 bits per heavy atom. The second-order valence-electron chi connectivity index (χ2n) is 5.61. The van der Waals surface area contributed by atoms with Gasteiger partial charge in [-0.2, -0.15) is 0 Å². The Morgan fingerprint density at radius 1 is 1.28 bits per heavy atom. The summed E-state index contributed by atoms with van der Waals surface area (Å²) in [4.78, 5) is 13.5. The zero-order valence-electron chi connectivity index (χ0n) is 10.8. The van der Waals surface area contributed by atoms with Gasteiger partial charge in [0.25, 0.3) is 0 Å². The van der Waals surface area contributed by atoms with Gasteiger partial charge in [-0.05, 0) is 45.6 Å². The minimum atomic E-state index is -2.89. The van der Waals surface area contributed by atoms with Gasteiger partial charge in [0.2, 0.25) is 0 Å². The molecule has 1 atom stereocenters. The van der Waals surface area contributed by atoms with Crippen molar-refractivity contribution < 1.29 is 18.3 Å². The zero-order chi connectivity index (χ0) is 13.4. The van der Waals surface area contributed by atoms with Gasteiger partial charge in [0.15, 0.2) is 0 Å². The first-order chi connectivity index (χ1) is 8.35. The molecular formula is C12H21NO4S. The average Bonchev–Trinajstić information content (AvgIpc) is 2.30. The van der Waals surface area contributed by atoms with Gasteiger partial charge in [-0.3, -0.25) is 9.69 Å². The molecule has 0 aliphatic carbocycles. The van der Waals surface area contributed by atoms with Gasteiger partial charge in [0, 0.05) is 6.04 Å². The topological polar surface area (TPSA) is 74.7 Å². The van der Waals surface area contributed by atoms with Crippen LogP contribution in [0.2, 0.25) is 0 Å². The van der Waals surface area contributed by atoms with E-state index in [0.29, 0.717) is 19.3 Å². The van der Waals surface area contributed by atoms with E-state index in [1.165, 1.54) is 0 Å². The lowest BCUT2D eigenvalue weighted by atomic mass is 9.86. The maximum absolute atomic E-state index is 11.5. The highest BCUT2D eigenvalue weighted by atomic mass is 32.2. The summed E-state index contributed by atoms with van der Waals surface area (Å²) in [5, 5.41) is 9.44. The molecule has 1 unspecified atom stereocenters. The molecule has 2 heterocycles. The number of hydrogen-bond acceptors (Lipinski definition) is 4. The van der Waals surface area contributed by atoms with Gasteiger partial charge in [-0.25, -0.2) is 8.42 Å². The van der Waals surface area contributed by atoms with Gasteiger partial charge < -0.3 is 5.11 Å². The Morgan fingerprint density at radius 2 is 1.89 bits per heavy atom. The summed E-state index contributed by atoms with van der Waals surface area (Å²) in [5.41, 5.74) is -0.815. The summed E-state index contributed by atoms with van der Waals surface area (Å²) in [7, 11) is -2.89. The lowest BCUT2D eigenvalue weighted by Gasteiger charge is -2.47. The largest absolute Gasteiger partial charge is 0.480 e. The van der Waals surface area contributed by atoms with E-state index in [9.17, 15) is 18.3 Å². The van der Waals surface area contributed by atoms with Crippen LogP contribution in [-0.2, 0) is 14.6 Å². The molecule has 2 rings (SSSR count). The van der Waals surface area contributed by atoms with Crippen LogP contribution in [0.25, 0.3) is 0 Å². The standard InChI is InChI=1S/C12H21NO4S/c1-12(11(14)15)6-2-3-7-13(12)10-4-8-18(16,17)9-5-10/h10H,2-9H2,1H3,(H,14,15). The molecule has 0 bridgehead atoms. The average molecular weight is 275 g/mol. The van der Waals surface area contributed by atoms with Crippen LogP contribution in [0.3, 0.4) is 0 Å². The molecule has 0 spiro atoms. The molecule has 0 aromatic heterocycles. The maximum atomic E-state index is 11.5. The number of piperidine rings is 1. The number of nitrogens with zero attached hydrogens (tertiary/aromatic N) is 1. The Bertz CT molecular complexity index is 419. The van der Waals surface area contributed by atoms with Crippen LogP contribution in [0.1, 0.15) is 39.0 Å². The SMILES string of the molecule is CC1(C(=O)O)CCCCN1C1CCS(=O)(=O)CC1. The predicted octanol–water partition coefficient (Wildman–Crippen LogP) is 0.893. The number of carbonyl (C=O) groups is 1. The first-order valence-corrected chi connectivity index (χ1v) is 8.38.